The van der Waals surface area contributed by atoms with Gasteiger partial charge in [0.05, 0.1) is 11.1 Å². The van der Waals surface area contributed by atoms with E-state index in [2.05, 4.69) is 9.97 Å². The number of carbonyl (C=O) groups is 1. The van der Waals surface area contributed by atoms with Gasteiger partial charge in [-0.1, -0.05) is 29.5 Å². The van der Waals surface area contributed by atoms with E-state index in [1.807, 2.05) is 43.3 Å². The lowest BCUT2D eigenvalue weighted by atomic mass is 10.1. The third-order valence-electron chi connectivity index (χ3n) is 2.93. The molecule has 0 aliphatic heterocycles. The maximum Gasteiger partial charge on any atom is 0.206 e. The highest BCUT2D eigenvalue weighted by atomic mass is 32.1. The van der Waals surface area contributed by atoms with Crippen LogP contribution < -0.4 is 4.90 Å². The number of aromatic nitrogens is 2. The van der Waals surface area contributed by atoms with Gasteiger partial charge in [0, 0.05) is 36.8 Å². The first kappa shape index (κ1) is 11.9. The fraction of sp³-hybridized carbons (Fsp3) is 0.143. The van der Waals surface area contributed by atoms with Crippen LogP contribution in [0.2, 0.25) is 0 Å². The average molecular weight is 271 g/mol. The Morgan fingerprint density at radius 2 is 2.11 bits per heavy atom. The minimum Gasteiger partial charge on any atom is -0.360 e. The monoisotopic (exact) mass is 271 g/mol. The van der Waals surface area contributed by atoms with Gasteiger partial charge in [-0.2, -0.15) is 0 Å². The third kappa shape index (κ3) is 2.02. The molecule has 3 aromatic rings. The van der Waals surface area contributed by atoms with Crippen molar-refractivity contribution in [2.45, 2.75) is 0 Å². The average Bonchev–Trinajstić information content (AvgIpc) is 3.05. The number of anilines is 1. The number of H-pyrrole nitrogens is 1. The number of hydrogen-bond donors (Lipinski definition) is 1. The van der Waals surface area contributed by atoms with E-state index < -0.39 is 0 Å². The van der Waals surface area contributed by atoms with Crippen LogP contribution in [-0.2, 0) is 0 Å². The van der Waals surface area contributed by atoms with E-state index in [1.165, 1.54) is 11.3 Å². The maximum absolute atomic E-state index is 12.5. The number of carbonyl (C=O) groups excluding carboxylic acids is 1. The second kappa shape index (κ2) is 4.51. The standard InChI is InChI=1S/C14H13N3OS/c1-17(2)14-16-8-12(19-14)13(18)10-7-15-11-6-4-3-5-9(10)11/h3-8,15H,1-2H3. The van der Waals surface area contributed by atoms with Crippen molar-refractivity contribution in [1.29, 1.82) is 0 Å². The zero-order valence-corrected chi connectivity index (χ0v) is 11.5. The van der Waals surface area contributed by atoms with Crippen molar-refractivity contribution in [1.82, 2.24) is 9.97 Å². The Morgan fingerprint density at radius 3 is 2.84 bits per heavy atom. The van der Waals surface area contributed by atoms with Crippen molar-refractivity contribution in [2.75, 3.05) is 19.0 Å². The fourth-order valence-corrected chi connectivity index (χ4v) is 2.76. The van der Waals surface area contributed by atoms with Crippen LogP contribution in [0.4, 0.5) is 5.13 Å². The van der Waals surface area contributed by atoms with Crippen LogP contribution in [-0.4, -0.2) is 29.8 Å². The summed E-state index contributed by atoms with van der Waals surface area (Å²) in [6.07, 6.45) is 3.41. The lowest BCUT2D eigenvalue weighted by Crippen LogP contribution is -2.07. The Balaban J connectivity index is 2.03. The molecule has 5 heteroatoms. The molecule has 0 aliphatic rings. The first-order valence-electron chi connectivity index (χ1n) is 5.91. The van der Waals surface area contributed by atoms with E-state index in [9.17, 15) is 4.79 Å². The van der Waals surface area contributed by atoms with Crippen molar-refractivity contribution < 1.29 is 4.79 Å². The summed E-state index contributed by atoms with van der Waals surface area (Å²) in [5.41, 5.74) is 1.67. The smallest absolute Gasteiger partial charge is 0.206 e. The minimum absolute atomic E-state index is 0.0167. The van der Waals surface area contributed by atoms with E-state index in [-0.39, 0.29) is 5.78 Å². The highest BCUT2D eigenvalue weighted by molar-refractivity contribution is 7.17. The number of nitrogens with one attached hydrogen (secondary N) is 1. The summed E-state index contributed by atoms with van der Waals surface area (Å²) in [5, 5.41) is 1.79. The van der Waals surface area contributed by atoms with E-state index in [4.69, 9.17) is 0 Å². The Hall–Kier alpha value is -2.14. The first-order chi connectivity index (χ1) is 9.16. The molecule has 0 saturated heterocycles. The number of benzene rings is 1. The van der Waals surface area contributed by atoms with Crippen LogP contribution in [0.3, 0.4) is 0 Å². The zero-order chi connectivity index (χ0) is 13.4. The quantitative estimate of drug-likeness (QED) is 0.745. The van der Waals surface area contributed by atoms with Crippen LogP contribution in [0.15, 0.2) is 36.7 Å². The molecule has 1 aromatic carbocycles. The van der Waals surface area contributed by atoms with Crippen molar-refractivity contribution in [3.05, 3.63) is 47.1 Å². The van der Waals surface area contributed by atoms with E-state index in [0.717, 1.165) is 16.0 Å². The van der Waals surface area contributed by atoms with E-state index in [0.29, 0.717) is 10.4 Å². The molecule has 3 rings (SSSR count). The maximum atomic E-state index is 12.5. The van der Waals surface area contributed by atoms with Crippen LogP contribution in [0.25, 0.3) is 10.9 Å². The van der Waals surface area contributed by atoms with Crippen LogP contribution >= 0.6 is 11.3 Å². The molecule has 0 bridgehead atoms. The molecule has 2 aromatic heterocycles. The second-order valence-electron chi connectivity index (χ2n) is 4.48. The van der Waals surface area contributed by atoms with Crippen molar-refractivity contribution in [3.63, 3.8) is 0 Å². The number of ketones is 1. The van der Waals surface area contributed by atoms with Gasteiger partial charge in [-0.05, 0) is 6.07 Å². The normalized spacial score (nSPS) is 10.8. The Labute approximate surface area is 114 Å². The molecule has 2 heterocycles. The van der Waals surface area contributed by atoms with Crippen molar-refractivity contribution in [3.8, 4) is 0 Å². The van der Waals surface area contributed by atoms with Gasteiger partial charge < -0.3 is 9.88 Å². The van der Waals surface area contributed by atoms with Gasteiger partial charge in [-0.25, -0.2) is 4.98 Å². The Kier molecular flexibility index (Phi) is 2.83. The number of thiazole rings is 1. The zero-order valence-electron chi connectivity index (χ0n) is 10.7. The van der Waals surface area contributed by atoms with Gasteiger partial charge in [0.2, 0.25) is 5.78 Å². The molecule has 19 heavy (non-hydrogen) atoms. The fourth-order valence-electron chi connectivity index (χ4n) is 1.97. The van der Waals surface area contributed by atoms with Crippen LogP contribution in [0, 0.1) is 0 Å². The Bertz CT molecular complexity index is 742. The topological polar surface area (TPSA) is 49.0 Å². The number of hydrogen-bond acceptors (Lipinski definition) is 4. The number of para-hydroxylation sites is 1. The number of fused-ring (bicyclic) bond motifs is 1. The Morgan fingerprint density at radius 1 is 1.32 bits per heavy atom. The van der Waals surface area contributed by atoms with Crippen molar-refractivity contribution in [2.24, 2.45) is 0 Å². The molecule has 0 fully saturated rings. The molecule has 0 radical (unpaired) electrons. The molecule has 1 N–H and O–H groups in total. The molecule has 96 valence electrons. The molecule has 0 saturated carbocycles. The predicted molar refractivity (Wildman–Crippen MR) is 78.2 cm³/mol. The number of rotatable bonds is 3. The van der Waals surface area contributed by atoms with Gasteiger partial charge in [-0.15, -0.1) is 0 Å². The summed E-state index contributed by atoms with van der Waals surface area (Å²) in [6, 6.07) is 7.80. The summed E-state index contributed by atoms with van der Waals surface area (Å²) < 4.78 is 0. The molecule has 0 unspecified atom stereocenters. The molecular weight excluding hydrogens is 258 g/mol. The lowest BCUT2D eigenvalue weighted by molar-refractivity contribution is 0.104. The minimum atomic E-state index is 0.0167. The molecule has 0 aliphatic carbocycles. The predicted octanol–water partition coefficient (Wildman–Crippen LogP) is 2.92. The van der Waals surface area contributed by atoms with Crippen LogP contribution in [0.1, 0.15) is 15.2 Å². The summed E-state index contributed by atoms with van der Waals surface area (Å²) >= 11 is 1.41. The second-order valence-corrected chi connectivity index (χ2v) is 5.49. The first-order valence-corrected chi connectivity index (χ1v) is 6.72. The van der Waals surface area contributed by atoms with Gasteiger partial charge >= 0.3 is 0 Å². The lowest BCUT2D eigenvalue weighted by Gasteiger charge is -2.04. The van der Waals surface area contributed by atoms with E-state index >= 15 is 0 Å². The van der Waals surface area contributed by atoms with Gasteiger partial charge in [0.1, 0.15) is 0 Å². The summed E-state index contributed by atoms with van der Waals surface area (Å²) in [7, 11) is 3.83. The number of nitrogens with zero attached hydrogens (tertiary/aromatic N) is 2. The molecule has 0 amide bonds. The summed E-state index contributed by atoms with van der Waals surface area (Å²) in [6.45, 7) is 0. The summed E-state index contributed by atoms with van der Waals surface area (Å²) in [5.74, 6) is 0.0167. The molecule has 4 nitrogen and oxygen atoms in total. The summed E-state index contributed by atoms with van der Waals surface area (Å²) in [4.78, 5) is 22.4. The highest BCUT2D eigenvalue weighted by Gasteiger charge is 2.17. The van der Waals surface area contributed by atoms with Gasteiger partial charge in [-0.3, -0.25) is 4.79 Å². The van der Waals surface area contributed by atoms with Gasteiger partial charge in [0.25, 0.3) is 0 Å². The number of aromatic amines is 1. The molecule has 0 atom stereocenters. The van der Waals surface area contributed by atoms with Crippen LogP contribution in [0.5, 0.6) is 0 Å². The van der Waals surface area contributed by atoms with Crippen molar-refractivity contribution >= 4 is 33.2 Å². The molecule has 0 spiro atoms. The third-order valence-corrected chi connectivity index (χ3v) is 4.10. The van der Waals surface area contributed by atoms with Gasteiger partial charge in [0.15, 0.2) is 5.13 Å². The van der Waals surface area contributed by atoms with E-state index in [1.54, 1.807) is 12.4 Å². The SMILES string of the molecule is CN(C)c1ncc(C(=O)c2c[nH]c3ccccc23)s1. The largest absolute Gasteiger partial charge is 0.360 e. The molecular formula is C14H13N3OS. The highest BCUT2D eigenvalue weighted by Crippen LogP contribution is 2.26.